The lowest BCUT2D eigenvalue weighted by Gasteiger charge is -2.49. The summed E-state index contributed by atoms with van der Waals surface area (Å²) in [6, 6.07) is 0. The van der Waals surface area contributed by atoms with Crippen LogP contribution in [0.4, 0.5) is 0 Å². The average Bonchev–Trinajstić information content (AvgIpc) is 2.01. The molecule has 2 rings (SSSR count). The molecule has 1 heterocycles. The van der Waals surface area contributed by atoms with Crippen LogP contribution in [0.25, 0.3) is 0 Å². The minimum atomic E-state index is 0.221. The molecule has 80 valence electrons. The van der Waals surface area contributed by atoms with Gasteiger partial charge in [-0.1, -0.05) is 20.8 Å². The maximum absolute atomic E-state index is 10.9. The SMILES string of the molecule is CC(C)(C)C1CCC2(CC1)CC(=O)N2. The van der Waals surface area contributed by atoms with Crippen LogP contribution >= 0.6 is 0 Å². The van der Waals surface area contributed by atoms with Crippen molar-refractivity contribution in [3.63, 3.8) is 0 Å². The molecule has 1 saturated carbocycles. The van der Waals surface area contributed by atoms with E-state index in [1.54, 1.807) is 0 Å². The van der Waals surface area contributed by atoms with Gasteiger partial charge in [-0.05, 0) is 37.0 Å². The highest BCUT2D eigenvalue weighted by Gasteiger charge is 2.46. The Balaban J connectivity index is 1.90. The predicted octanol–water partition coefficient (Wildman–Crippen LogP) is 2.48. The Morgan fingerprint density at radius 2 is 1.79 bits per heavy atom. The number of carbonyl (C=O) groups is 1. The molecule has 0 bridgehead atoms. The van der Waals surface area contributed by atoms with Gasteiger partial charge in [0.1, 0.15) is 0 Å². The van der Waals surface area contributed by atoms with Crippen LogP contribution in [-0.4, -0.2) is 11.4 Å². The Labute approximate surface area is 86.5 Å². The molecular formula is C12H21NO. The molecule has 0 aromatic carbocycles. The predicted molar refractivity (Wildman–Crippen MR) is 56.9 cm³/mol. The van der Waals surface area contributed by atoms with E-state index in [0.717, 1.165) is 12.3 Å². The van der Waals surface area contributed by atoms with E-state index in [1.165, 1.54) is 25.7 Å². The van der Waals surface area contributed by atoms with E-state index < -0.39 is 0 Å². The van der Waals surface area contributed by atoms with Crippen LogP contribution in [0.5, 0.6) is 0 Å². The second kappa shape index (κ2) is 2.98. The van der Waals surface area contributed by atoms with E-state index in [4.69, 9.17) is 0 Å². The number of nitrogens with one attached hydrogen (secondary N) is 1. The summed E-state index contributed by atoms with van der Waals surface area (Å²) in [7, 11) is 0. The van der Waals surface area contributed by atoms with Gasteiger partial charge in [-0.2, -0.15) is 0 Å². The van der Waals surface area contributed by atoms with Crippen molar-refractivity contribution in [1.82, 2.24) is 5.32 Å². The van der Waals surface area contributed by atoms with Crippen LogP contribution in [0.3, 0.4) is 0 Å². The Bertz CT molecular complexity index is 234. The molecule has 1 saturated heterocycles. The highest BCUT2D eigenvalue weighted by Crippen LogP contribution is 2.44. The smallest absolute Gasteiger partial charge is 0.222 e. The first-order valence-corrected chi connectivity index (χ1v) is 5.72. The Morgan fingerprint density at radius 1 is 1.29 bits per heavy atom. The van der Waals surface area contributed by atoms with Crippen LogP contribution in [0.1, 0.15) is 52.9 Å². The minimum absolute atomic E-state index is 0.221. The maximum Gasteiger partial charge on any atom is 0.222 e. The summed E-state index contributed by atoms with van der Waals surface area (Å²) in [5.74, 6) is 1.09. The van der Waals surface area contributed by atoms with E-state index in [0.29, 0.717) is 5.41 Å². The summed E-state index contributed by atoms with van der Waals surface area (Å²) in [5, 5.41) is 3.09. The molecule has 1 amide bonds. The van der Waals surface area contributed by atoms with Crippen LogP contribution in [0.15, 0.2) is 0 Å². The zero-order valence-electron chi connectivity index (χ0n) is 9.52. The van der Waals surface area contributed by atoms with Crippen molar-refractivity contribution in [2.24, 2.45) is 11.3 Å². The van der Waals surface area contributed by atoms with Crippen LogP contribution in [-0.2, 0) is 4.79 Å². The first-order chi connectivity index (χ1) is 6.41. The van der Waals surface area contributed by atoms with E-state index in [9.17, 15) is 4.79 Å². The molecule has 0 aromatic heterocycles. The minimum Gasteiger partial charge on any atom is -0.350 e. The molecule has 0 radical (unpaired) electrons. The lowest BCUT2D eigenvalue weighted by Crippen LogP contribution is -2.62. The van der Waals surface area contributed by atoms with Crippen molar-refractivity contribution in [3.05, 3.63) is 0 Å². The molecule has 14 heavy (non-hydrogen) atoms. The molecule has 0 atom stereocenters. The Kier molecular flexibility index (Phi) is 2.13. The van der Waals surface area contributed by atoms with E-state index in [-0.39, 0.29) is 11.4 Å². The van der Waals surface area contributed by atoms with Gasteiger partial charge in [0.2, 0.25) is 5.91 Å². The first kappa shape index (κ1) is 10.0. The van der Waals surface area contributed by atoms with E-state index in [2.05, 4.69) is 26.1 Å². The molecule has 0 aromatic rings. The first-order valence-electron chi connectivity index (χ1n) is 5.72. The number of rotatable bonds is 0. The van der Waals surface area contributed by atoms with Crippen molar-refractivity contribution in [1.29, 1.82) is 0 Å². The quantitative estimate of drug-likeness (QED) is 0.591. The molecule has 1 N–H and O–H groups in total. The average molecular weight is 195 g/mol. The van der Waals surface area contributed by atoms with Crippen molar-refractivity contribution in [3.8, 4) is 0 Å². The third-order valence-corrected chi connectivity index (χ3v) is 4.07. The monoisotopic (exact) mass is 195 g/mol. The standard InChI is InChI=1S/C12H21NO/c1-11(2,3)9-4-6-12(7-5-9)8-10(14)13-12/h9H,4-8H2,1-3H3,(H,13,14). The molecule has 2 nitrogen and oxygen atoms in total. The summed E-state index contributed by atoms with van der Waals surface area (Å²) in [6.07, 6.45) is 5.73. The van der Waals surface area contributed by atoms with Crippen molar-refractivity contribution < 1.29 is 4.79 Å². The second-order valence-electron chi connectivity index (χ2n) is 6.15. The summed E-state index contributed by atoms with van der Waals surface area (Å²) in [4.78, 5) is 10.9. The van der Waals surface area contributed by atoms with Gasteiger partial charge in [-0.3, -0.25) is 4.79 Å². The number of carbonyl (C=O) groups excluding carboxylic acids is 1. The van der Waals surface area contributed by atoms with Gasteiger partial charge >= 0.3 is 0 Å². The number of amides is 1. The topological polar surface area (TPSA) is 29.1 Å². The number of β-lactam (4-membered cyclic amide) rings is 1. The van der Waals surface area contributed by atoms with Crippen LogP contribution in [0, 0.1) is 11.3 Å². The second-order valence-corrected chi connectivity index (χ2v) is 6.15. The molecule has 2 fully saturated rings. The molecular weight excluding hydrogens is 174 g/mol. The van der Waals surface area contributed by atoms with Gasteiger partial charge in [-0.25, -0.2) is 0 Å². The molecule has 2 heteroatoms. The summed E-state index contributed by atoms with van der Waals surface area (Å²) < 4.78 is 0. The highest BCUT2D eigenvalue weighted by molar-refractivity contribution is 5.84. The fourth-order valence-electron chi connectivity index (χ4n) is 2.92. The molecule has 2 aliphatic rings. The normalized spacial score (nSPS) is 37.9. The zero-order valence-corrected chi connectivity index (χ0v) is 9.52. The van der Waals surface area contributed by atoms with Gasteiger partial charge in [-0.15, -0.1) is 0 Å². The third kappa shape index (κ3) is 1.67. The van der Waals surface area contributed by atoms with Crippen LogP contribution < -0.4 is 5.32 Å². The highest BCUT2D eigenvalue weighted by atomic mass is 16.2. The largest absolute Gasteiger partial charge is 0.350 e. The van der Waals surface area contributed by atoms with Crippen molar-refractivity contribution in [2.45, 2.75) is 58.4 Å². The summed E-state index contributed by atoms with van der Waals surface area (Å²) >= 11 is 0. The summed E-state index contributed by atoms with van der Waals surface area (Å²) in [5.41, 5.74) is 0.661. The van der Waals surface area contributed by atoms with Gasteiger partial charge in [0.15, 0.2) is 0 Å². The number of hydrogen-bond acceptors (Lipinski definition) is 1. The van der Waals surface area contributed by atoms with E-state index >= 15 is 0 Å². The third-order valence-electron chi connectivity index (χ3n) is 4.07. The van der Waals surface area contributed by atoms with Gasteiger partial charge in [0.25, 0.3) is 0 Å². The van der Waals surface area contributed by atoms with Crippen molar-refractivity contribution >= 4 is 5.91 Å². The molecule has 1 spiro atoms. The maximum atomic E-state index is 10.9. The fourth-order valence-corrected chi connectivity index (χ4v) is 2.92. The molecule has 1 aliphatic carbocycles. The zero-order chi connectivity index (χ0) is 10.4. The number of hydrogen-bond donors (Lipinski definition) is 1. The molecule has 1 aliphatic heterocycles. The van der Waals surface area contributed by atoms with Gasteiger partial charge < -0.3 is 5.32 Å². The van der Waals surface area contributed by atoms with Crippen LogP contribution in [0.2, 0.25) is 0 Å². The van der Waals surface area contributed by atoms with Gasteiger partial charge in [0.05, 0.1) is 0 Å². The lowest BCUT2D eigenvalue weighted by atomic mass is 9.64. The Morgan fingerprint density at radius 3 is 2.14 bits per heavy atom. The lowest BCUT2D eigenvalue weighted by molar-refractivity contribution is -0.134. The fraction of sp³-hybridized carbons (Fsp3) is 0.917. The summed E-state index contributed by atoms with van der Waals surface area (Å²) in [6.45, 7) is 6.99. The van der Waals surface area contributed by atoms with Gasteiger partial charge in [0, 0.05) is 12.0 Å². The molecule has 0 unspecified atom stereocenters. The Hall–Kier alpha value is -0.530. The van der Waals surface area contributed by atoms with Crippen molar-refractivity contribution in [2.75, 3.05) is 0 Å². The van der Waals surface area contributed by atoms with E-state index in [1.807, 2.05) is 0 Å².